The highest BCUT2D eigenvalue weighted by Gasteiger charge is 2.19. The molecule has 0 heterocycles. The number of hydrogen-bond acceptors (Lipinski definition) is 6. The van der Waals surface area contributed by atoms with Gasteiger partial charge in [-0.2, -0.15) is 0 Å². The summed E-state index contributed by atoms with van der Waals surface area (Å²) < 4.78 is 16.8. The van der Waals surface area contributed by atoms with Crippen molar-refractivity contribution in [2.45, 2.75) is 310 Å². The molecule has 0 N–H and O–H groups in total. The van der Waals surface area contributed by atoms with Crippen LogP contribution in [0.1, 0.15) is 304 Å². The molecule has 0 saturated heterocycles. The Balaban J connectivity index is 4.24. The molecule has 356 valence electrons. The summed E-state index contributed by atoms with van der Waals surface area (Å²) >= 11 is 0. The van der Waals surface area contributed by atoms with Gasteiger partial charge in [-0.1, -0.05) is 265 Å². The van der Waals surface area contributed by atoms with E-state index in [9.17, 15) is 14.4 Å². The van der Waals surface area contributed by atoms with Gasteiger partial charge in [0.25, 0.3) is 0 Å². The van der Waals surface area contributed by atoms with Crippen LogP contribution < -0.4 is 0 Å². The van der Waals surface area contributed by atoms with Crippen molar-refractivity contribution in [3.8, 4) is 0 Å². The normalized spacial score (nSPS) is 11.9. The van der Waals surface area contributed by atoms with Crippen LogP contribution in [0, 0.1) is 5.92 Å². The third-order valence-corrected chi connectivity index (χ3v) is 12.3. The van der Waals surface area contributed by atoms with E-state index < -0.39 is 6.10 Å². The van der Waals surface area contributed by atoms with Gasteiger partial charge in [0.2, 0.25) is 0 Å². The monoisotopic (exact) mass is 849 g/mol. The fraction of sp³-hybridized carbons (Fsp3) is 0.944. The van der Waals surface area contributed by atoms with E-state index in [0.29, 0.717) is 19.3 Å². The fourth-order valence-corrected chi connectivity index (χ4v) is 8.22. The van der Waals surface area contributed by atoms with E-state index in [2.05, 4.69) is 27.7 Å². The Morgan fingerprint density at radius 2 is 0.550 bits per heavy atom. The summed E-state index contributed by atoms with van der Waals surface area (Å²) in [5.41, 5.74) is 0. The van der Waals surface area contributed by atoms with Gasteiger partial charge in [0.15, 0.2) is 6.10 Å². The maximum absolute atomic E-state index is 12.8. The Labute approximate surface area is 374 Å². The van der Waals surface area contributed by atoms with E-state index in [4.69, 9.17) is 14.2 Å². The lowest BCUT2D eigenvalue weighted by Gasteiger charge is -2.18. The lowest BCUT2D eigenvalue weighted by atomic mass is 10.0. The molecule has 0 aromatic heterocycles. The standard InChI is InChI=1S/C54H104O6/c1-5-7-9-11-13-15-17-19-21-22-23-25-27-29-31-33-39-43-47-54(57)60-51(49-59-53(56)46-42-38-35-34-36-40-44-50(3)4)48-58-52(55)45-41-37-32-30-28-26-24-20-18-16-14-12-10-8-6-2/h50-51H,5-49H2,1-4H3/t51-/m0/s1. The molecule has 0 unspecified atom stereocenters. The lowest BCUT2D eigenvalue weighted by Crippen LogP contribution is -2.30. The molecule has 0 aromatic rings. The van der Waals surface area contributed by atoms with Crippen LogP contribution in [0.4, 0.5) is 0 Å². The topological polar surface area (TPSA) is 78.9 Å². The average Bonchev–Trinajstić information content (AvgIpc) is 3.23. The van der Waals surface area contributed by atoms with E-state index in [0.717, 1.165) is 63.7 Å². The number of rotatable bonds is 49. The molecule has 0 bridgehead atoms. The largest absolute Gasteiger partial charge is 0.462 e. The minimum absolute atomic E-state index is 0.0634. The van der Waals surface area contributed by atoms with Gasteiger partial charge >= 0.3 is 17.9 Å². The molecule has 0 saturated carbocycles. The molecule has 60 heavy (non-hydrogen) atoms. The summed E-state index contributed by atoms with van der Waals surface area (Å²) in [6.45, 7) is 8.97. The Hall–Kier alpha value is -1.59. The fourth-order valence-electron chi connectivity index (χ4n) is 8.22. The van der Waals surface area contributed by atoms with Crippen molar-refractivity contribution >= 4 is 17.9 Å². The van der Waals surface area contributed by atoms with Gasteiger partial charge in [-0.3, -0.25) is 14.4 Å². The van der Waals surface area contributed by atoms with Gasteiger partial charge < -0.3 is 14.2 Å². The van der Waals surface area contributed by atoms with Gasteiger partial charge in [-0.15, -0.1) is 0 Å². The molecular formula is C54H104O6. The molecule has 0 rings (SSSR count). The minimum atomic E-state index is -0.761. The molecule has 0 aliphatic rings. The highest BCUT2D eigenvalue weighted by atomic mass is 16.6. The summed E-state index contributed by atoms with van der Waals surface area (Å²) in [7, 11) is 0. The van der Waals surface area contributed by atoms with Crippen LogP contribution in [-0.2, 0) is 28.6 Å². The molecule has 0 spiro atoms. The Morgan fingerprint density at radius 3 is 0.817 bits per heavy atom. The molecule has 0 aliphatic heterocycles. The number of hydrogen-bond donors (Lipinski definition) is 0. The third kappa shape index (κ3) is 47.5. The van der Waals surface area contributed by atoms with Crippen molar-refractivity contribution in [2.24, 2.45) is 5.92 Å². The number of carbonyl (C=O) groups excluding carboxylic acids is 3. The van der Waals surface area contributed by atoms with Crippen molar-refractivity contribution in [1.82, 2.24) is 0 Å². The van der Waals surface area contributed by atoms with E-state index in [1.807, 2.05) is 0 Å². The molecule has 6 heteroatoms. The van der Waals surface area contributed by atoms with Crippen LogP contribution in [0.25, 0.3) is 0 Å². The molecular weight excluding hydrogens is 745 g/mol. The van der Waals surface area contributed by atoms with Gasteiger partial charge in [0, 0.05) is 19.3 Å². The van der Waals surface area contributed by atoms with Crippen molar-refractivity contribution in [3.63, 3.8) is 0 Å². The number of carbonyl (C=O) groups is 3. The van der Waals surface area contributed by atoms with Crippen LogP contribution in [0.15, 0.2) is 0 Å². The Morgan fingerprint density at radius 1 is 0.317 bits per heavy atom. The molecule has 0 radical (unpaired) electrons. The summed E-state index contributed by atoms with van der Waals surface area (Å²) in [6, 6.07) is 0. The second kappa shape index (κ2) is 48.4. The predicted molar refractivity (Wildman–Crippen MR) is 257 cm³/mol. The zero-order chi connectivity index (χ0) is 43.8. The zero-order valence-electron chi connectivity index (χ0n) is 40.9. The zero-order valence-corrected chi connectivity index (χ0v) is 40.9. The van der Waals surface area contributed by atoms with Gasteiger partial charge in [0.05, 0.1) is 0 Å². The summed E-state index contributed by atoms with van der Waals surface area (Å²) in [6.07, 6.45) is 51.1. The predicted octanol–water partition coefficient (Wildman–Crippen LogP) is 17.5. The van der Waals surface area contributed by atoms with Crippen molar-refractivity contribution in [2.75, 3.05) is 13.2 Å². The average molecular weight is 849 g/mol. The molecule has 6 nitrogen and oxygen atoms in total. The minimum Gasteiger partial charge on any atom is -0.462 e. The molecule has 0 aromatic carbocycles. The Bertz CT molecular complexity index is 903. The first-order valence-electron chi connectivity index (χ1n) is 26.9. The summed E-state index contributed by atoms with van der Waals surface area (Å²) in [5, 5.41) is 0. The molecule has 0 amide bonds. The van der Waals surface area contributed by atoms with Crippen molar-refractivity contribution in [3.05, 3.63) is 0 Å². The van der Waals surface area contributed by atoms with E-state index in [1.54, 1.807) is 0 Å². The van der Waals surface area contributed by atoms with E-state index >= 15 is 0 Å². The highest BCUT2D eigenvalue weighted by molar-refractivity contribution is 5.71. The molecule has 0 aliphatic carbocycles. The van der Waals surface area contributed by atoms with Gasteiger partial charge in [0.1, 0.15) is 13.2 Å². The number of esters is 3. The maximum atomic E-state index is 12.8. The van der Waals surface area contributed by atoms with Crippen molar-refractivity contribution < 1.29 is 28.6 Å². The summed E-state index contributed by atoms with van der Waals surface area (Å²) in [5.74, 6) is -0.0837. The van der Waals surface area contributed by atoms with Crippen LogP contribution in [0.5, 0.6) is 0 Å². The van der Waals surface area contributed by atoms with E-state index in [1.165, 1.54) is 199 Å². The maximum Gasteiger partial charge on any atom is 0.306 e. The van der Waals surface area contributed by atoms with E-state index in [-0.39, 0.29) is 31.1 Å². The van der Waals surface area contributed by atoms with Crippen LogP contribution in [0.2, 0.25) is 0 Å². The second-order valence-corrected chi connectivity index (χ2v) is 19.0. The first-order valence-corrected chi connectivity index (χ1v) is 26.9. The summed E-state index contributed by atoms with van der Waals surface area (Å²) in [4.78, 5) is 37.9. The first kappa shape index (κ1) is 58.4. The highest BCUT2D eigenvalue weighted by Crippen LogP contribution is 2.17. The third-order valence-electron chi connectivity index (χ3n) is 12.3. The SMILES string of the molecule is CCCCCCCCCCCCCCCCCCCCC(=O)O[C@@H](COC(=O)CCCCCCCCCCCCCCCCC)COC(=O)CCCCCCCCC(C)C. The molecule has 1 atom stereocenters. The van der Waals surface area contributed by atoms with Crippen LogP contribution in [-0.4, -0.2) is 37.2 Å². The number of unbranched alkanes of at least 4 members (excludes halogenated alkanes) is 36. The first-order chi connectivity index (χ1) is 29.4. The number of ether oxygens (including phenoxy) is 3. The quantitative estimate of drug-likeness (QED) is 0.0345. The van der Waals surface area contributed by atoms with Crippen molar-refractivity contribution in [1.29, 1.82) is 0 Å². The van der Waals surface area contributed by atoms with Gasteiger partial charge in [-0.25, -0.2) is 0 Å². The van der Waals surface area contributed by atoms with Crippen LogP contribution in [0.3, 0.4) is 0 Å². The smallest absolute Gasteiger partial charge is 0.306 e. The lowest BCUT2D eigenvalue weighted by molar-refractivity contribution is -0.167. The molecule has 0 fully saturated rings. The Kier molecular flexibility index (Phi) is 47.2. The second-order valence-electron chi connectivity index (χ2n) is 19.0. The van der Waals surface area contributed by atoms with Gasteiger partial charge in [-0.05, 0) is 25.2 Å². The van der Waals surface area contributed by atoms with Crippen LogP contribution >= 0.6 is 0 Å².